The van der Waals surface area contributed by atoms with Crippen molar-refractivity contribution >= 4 is 40.9 Å². The topological polar surface area (TPSA) is 111 Å². The van der Waals surface area contributed by atoms with Gasteiger partial charge in [0.05, 0.1) is 6.10 Å². The van der Waals surface area contributed by atoms with Gasteiger partial charge in [-0.15, -0.1) is 12.4 Å². The SMILES string of the molecule is CC(C)(C)C(=O)N1CCC[C@H]1C(=O)N[C@H](Cc1ccc2ccccc2c1)C(=O)NCC(O)CNCC1CC1.Cl. The molecule has 1 unspecified atom stereocenters. The van der Waals surface area contributed by atoms with Crippen LogP contribution in [0.4, 0.5) is 0 Å². The highest BCUT2D eigenvalue weighted by molar-refractivity contribution is 5.93. The summed E-state index contributed by atoms with van der Waals surface area (Å²) in [4.78, 5) is 41.3. The Bertz CT molecular complexity index is 1150. The molecule has 2 aliphatic rings. The van der Waals surface area contributed by atoms with Gasteiger partial charge in [0.15, 0.2) is 0 Å². The lowest BCUT2D eigenvalue weighted by molar-refractivity contribution is -0.145. The summed E-state index contributed by atoms with van der Waals surface area (Å²) >= 11 is 0. The number of nitrogens with one attached hydrogen (secondary N) is 3. The standard InChI is InChI=1S/C30H42N4O4.ClH/c1-30(2,3)29(38)34-14-6-9-26(34)28(37)33-25(16-21-12-13-22-7-4-5-8-23(22)15-21)27(36)32-19-24(35)18-31-17-20-10-11-20;/h4-5,7-8,12-13,15,20,24-26,31,35H,6,9-11,14,16-19H2,1-3H3,(H,32,36)(H,33,37);1H/t24?,25-,26+;/m1./s1. The smallest absolute Gasteiger partial charge is 0.243 e. The van der Waals surface area contributed by atoms with E-state index in [0.29, 0.717) is 31.8 Å². The van der Waals surface area contributed by atoms with Crippen LogP contribution in [0.2, 0.25) is 0 Å². The summed E-state index contributed by atoms with van der Waals surface area (Å²) in [7, 11) is 0. The zero-order valence-corrected chi connectivity index (χ0v) is 24.1. The molecule has 2 fully saturated rings. The zero-order chi connectivity index (χ0) is 27.3. The first-order valence-electron chi connectivity index (χ1n) is 13.9. The Balaban J connectivity index is 0.00000420. The molecular formula is C30H43ClN4O4. The Morgan fingerprint density at radius 1 is 1.03 bits per heavy atom. The Morgan fingerprint density at radius 3 is 2.44 bits per heavy atom. The van der Waals surface area contributed by atoms with Gasteiger partial charge in [0.25, 0.3) is 0 Å². The first-order chi connectivity index (χ1) is 18.1. The Labute approximate surface area is 237 Å². The van der Waals surface area contributed by atoms with E-state index < -0.39 is 23.6 Å². The van der Waals surface area contributed by atoms with E-state index in [-0.39, 0.29) is 36.7 Å². The number of carbonyl (C=O) groups excluding carboxylic acids is 3. The van der Waals surface area contributed by atoms with E-state index in [0.717, 1.165) is 29.3 Å². The maximum atomic E-state index is 13.4. The van der Waals surface area contributed by atoms with E-state index in [4.69, 9.17) is 0 Å². The van der Waals surface area contributed by atoms with Gasteiger partial charge in [-0.05, 0) is 54.5 Å². The molecule has 1 saturated heterocycles. The van der Waals surface area contributed by atoms with Crippen LogP contribution >= 0.6 is 12.4 Å². The van der Waals surface area contributed by atoms with Crippen LogP contribution < -0.4 is 16.0 Å². The van der Waals surface area contributed by atoms with Crippen LogP contribution in [0.15, 0.2) is 42.5 Å². The lowest BCUT2D eigenvalue weighted by Gasteiger charge is -2.31. The van der Waals surface area contributed by atoms with Gasteiger partial charge in [0.2, 0.25) is 17.7 Å². The number of carbonyl (C=O) groups is 3. The fourth-order valence-corrected chi connectivity index (χ4v) is 4.98. The third kappa shape index (κ3) is 8.65. The van der Waals surface area contributed by atoms with E-state index in [1.807, 2.05) is 63.2 Å². The average Bonchev–Trinajstić information content (AvgIpc) is 3.58. The Hall–Kier alpha value is -2.68. The van der Waals surface area contributed by atoms with E-state index in [9.17, 15) is 19.5 Å². The van der Waals surface area contributed by atoms with Crippen molar-refractivity contribution in [2.24, 2.45) is 11.3 Å². The van der Waals surface area contributed by atoms with Crippen LogP contribution in [0.3, 0.4) is 0 Å². The minimum atomic E-state index is -0.831. The lowest BCUT2D eigenvalue weighted by Crippen LogP contribution is -2.55. The zero-order valence-electron chi connectivity index (χ0n) is 23.2. The highest BCUT2D eigenvalue weighted by Crippen LogP contribution is 2.27. The highest BCUT2D eigenvalue weighted by atomic mass is 35.5. The number of nitrogens with zero attached hydrogens (tertiary/aromatic N) is 1. The van der Waals surface area contributed by atoms with Gasteiger partial charge in [-0.2, -0.15) is 0 Å². The van der Waals surface area contributed by atoms with Crippen molar-refractivity contribution in [2.75, 3.05) is 26.2 Å². The molecule has 214 valence electrons. The van der Waals surface area contributed by atoms with E-state index in [1.165, 1.54) is 12.8 Å². The van der Waals surface area contributed by atoms with Crippen LogP contribution in [0.1, 0.15) is 52.0 Å². The maximum absolute atomic E-state index is 13.4. The van der Waals surface area contributed by atoms with Crippen LogP contribution in [-0.2, 0) is 20.8 Å². The summed E-state index contributed by atoms with van der Waals surface area (Å²) in [5, 5.41) is 21.5. The van der Waals surface area contributed by atoms with Crippen molar-refractivity contribution in [3.8, 4) is 0 Å². The Morgan fingerprint density at radius 2 is 1.74 bits per heavy atom. The molecule has 3 atom stereocenters. The van der Waals surface area contributed by atoms with Crippen LogP contribution in [-0.4, -0.2) is 72.1 Å². The van der Waals surface area contributed by atoms with Crippen LogP contribution in [0.5, 0.6) is 0 Å². The summed E-state index contributed by atoms with van der Waals surface area (Å²) < 4.78 is 0. The molecule has 1 aliphatic heterocycles. The normalized spacial score (nSPS) is 18.8. The second-order valence-electron chi connectivity index (χ2n) is 11.9. The van der Waals surface area contributed by atoms with Crippen LogP contribution in [0, 0.1) is 11.3 Å². The number of halogens is 1. The van der Waals surface area contributed by atoms with Crippen molar-refractivity contribution in [1.82, 2.24) is 20.9 Å². The number of hydrogen-bond donors (Lipinski definition) is 4. The minimum Gasteiger partial charge on any atom is -0.390 e. The number of fused-ring (bicyclic) bond motifs is 1. The molecule has 4 N–H and O–H groups in total. The Kier molecular flexibility index (Phi) is 10.8. The van der Waals surface area contributed by atoms with Gasteiger partial charge in [0, 0.05) is 31.5 Å². The molecule has 4 rings (SSSR count). The predicted octanol–water partition coefficient (Wildman–Crippen LogP) is 2.80. The van der Waals surface area contributed by atoms with Gasteiger partial charge in [-0.3, -0.25) is 14.4 Å². The molecular weight excluding hydrogens is 516 g/mol. The van der Waals surface area contributed by atoms with Crippen molar-refractivity contribution in [3.63, 3.8) is 0 Å². The molecule has 0 bridgehead atoms. The molecule has 1 heterocycles. The predicted molar refractivity (Wildman–Crippen MR) is 156 cm³/mol. The number of benzene rings is 2. The van der Waals surface area contributed by atoms with E-state index in [2.05, 4.69) is 16.0 Å². The quantitative estimate of drug-likeness (QED) is 0.339. The number of aliphatic hydroxyl groups is 1. The minimum absolute atomic E-state index is 0. The van der Waals surface area contributed by atoms with Gasteiger partial charge >= 0.3 is 0 Å². The van der Waals surface area contributed by atoms with E-state index >= 15 is 0 Å². The maximum Gasteiger partial charge on any atom is 0.243 e. The molecule has 9 heteroatoms. The second kappa shape index (κ2) is 13.6. The molecule has 0 aromatic heterocycles. The number of amides is 3. The molecule has 3 amide bonds. The molecule has 2 aromatic carbocycles. The summed E-state index contributed by atoms with van der Waals surface area (Å²) in [5.74, 6) is -0.0155. The molecule has 1 saturated carbocycles. The van der Waals surface area contributed by atoms with Crippen molar-refractivity contribution in [2.45, 2.75) is 71.1 Å². The summed E-state index contributed by atoms with van der Waals surface area (Å²) in [5.41, 5.74) is 0.332. The lowest BCUT2D eigenvalue weighted by atomic mass is 9.94. The summed E-state index contributed by atoms with van der Waals surface area (Å²) in [6, 6.07) is 12.6. The number of hydrogen-bond acceptors (Lipinski definition) is 5. The molecule has 0 spiro atoms. The van der Waals surface area contributed by atoms with Gasteiger partial charge < -0.3 is 26.0 Å². The van der Waals surface area contributed by atoms with Gasteiger partial charge in [-0.25, -0.2) is 0 Å². The molecule has 8 nitrogen and oxygen atoms in total. The molecule has 1 aliphatic carbocycles. The molecule has 39 heavy (non-hydrogen) atoms. The van der Waals surface area contributed by atoms with E-state index in [1.54, 1.807) is 4.90 Å². The summed E-state index contributed by atoms with van der Waals surface area (Å²) in [6.45, 7) is 7.48. The highest BCUT2D eigenvalue weighted by Gasteiger charge is 2.39. The molecule has 0 radical (unpaired) electrons. The largest absolute Gasteiger partial charge is 0.390 e. The first kappa shape index (κ1) is 30.9. The average molecular weight is 559 g/mol. The van der Waals surface area contributed by atoms with Crippen molar-refractivity contribution in [1.29, 1.82) is 0 Å². The third-order valence-corrected chi connectivity index (χ3v) is 7.37. The monoisotopic (exact) mass is 558 g/mol. The van der Waals surface area contributed by atoms with Gasteiger partial charge in [0.1, 0.15) is 12.1 Å². The first-order valence-corrected chi connectivity index (χ1v) is 13.9. The third-order valence-electron chi connectivity index (χ3n) is 7.37. The number of rotatable bonds is 11. The second-order valence-corrected chi connectivity index (χ2v) is 11.9. The fourth-order valence-electron chi connectivity index (χ4n) is 4.98. The molecule has 2 aromatic rings. The summed E-state index contributed by atoms with van der Waals surface area (Å²) in [6.07, 6.45) is 3.37. The van der Waals surface area contributed by atoms with Crippen molar-refractivity contribution < 1.29 is 19.5 Å². The number of aliphatic hydroxyl groups excluding tert-OH is 1. The number of likely N-dealkylation sites (tertiary alicyclic amines) is 1. The fraction of sp³-hybridized carbons (Fsp3) is 0.567. The van der Waals surface area contributed by atoms with Crippen LogP contribution in [0.25, 0.3) is 10.8 Å². The van der Waals surface area contributed by atoms with Gasteiger partial charge in [-0.1, -0.05) is 63.2 Å². The van der Waals surface area contributed by atoms with Crippen molar-refractivity contribution in [3.05, 3.63) is 48.0 Å².